The topological polar surface area (TPSA) is 18.5 Å². The molecular weight excluding hydrogens is 219 g/mol. The molecule has 4 heteroatoms. The van der Waals surface area contributed by atoms with Crippen molar-refractivity contribution in [1.82, 2.24) is 0 Å². The average molecular weight is 241 g/mol. The molecule has 0 saturated heterocycles. The van der Waals surface area contributed by atoms with Crippen molar-refractivity contribution in [2.45, 2.75) is 39.2 Å². The fourth-order valence-corrected chi connectivity index (χ4v) is 2.09. The smallest absolute Gasteiger partial charge is 0.209 e. The lowest BCUT2D eigenvalue weighted by molar-refractivity contribution is 0.0414. The van der Waals surface area contributed by atoms with Crippen LogP contribution >= 0.6 is 11.9 Å². The van der Waals surface area contributed by atoms with E-state index in [1.807, 2.05) is 6.08 Å². The Kier molecular flexibility index (Phi) is 4.85. The lowest BCUT2D eigenvalue weighted by Crippen LogP contribution is -2.28. The van der Waals surface area contributed by atoms with Gasteiger partial charge in [0.1, 0.15) is 11.9 Å². The molecule has 0 aromatic heterocycles. The highest BCUT2D eigenvalue weighted by molar-refractivity contribution is 8.15. The van der Waals surface area contributed by atoms with Gasteiger partial charge < -0.3 is 8.92 Å². The Bertz CT molecular complexity index is 282. The Morgan fingerprint density at radius 2 is 2.69 bits per heavy atom. The molecule has 1 aliphatic heterocycles. The molecule has 1 heterocycles. The van der Waals surface area contributed by atoms with Gasteiger partial charge in [-0.2, -0.15) is 0 Å². The van der Waals surface area contributed by atoms with Gasteiger partial charge in [0.2, 0.25) is 7.09 Å². The molecule has 0 aromatic carbocycles. The highest BCUT2D eigenvalue weighted by Gasteiger charge is 2.29. The summed E-state index contributed by atoms with van der Waals surface area (Å²) in [4.78, 5) is 0. The van der Waals surface area contributed by atoms with Crippen LogP contribution < -0.4 is 0 Å². The van der Waals surface area contributed by atoms with Crippen molar-refractivity contribution in [3.05, 3.63) is 24.5 Å². The van der Waals surface area contributed by atoms with Gasteiger partial charge in [0.05, 0.1) is 6.61 Å². The Morgan fingerprint density at radius 3 is 3.38 bits per heavy atom. The summed E-state index contributed by atoms with van der Waals surface area (Å²) in [5.41, 5.74) is -0.143. The van der Waals surface area contributed by atoms with Gasteiger partial charge in [-0.05, 0) is 20.3 Å². The second kappa shape index (κ2) is 6.40. The molecule has 89 valence electrons. The molecule has 2 nitrogen and oxygen atoms in total. The normalized spacial score (nSPS) is 21.8. The van der Waals surface area contributed by atoms with Crippen LogP contribution in [0, 0.1) is 5.41 Å². The lowest BCUT2D eigenvalue weighted by atomic mass is 9.89. The molecule has 1 radical (unpaired) electrons. The first kappa shape index (κ1) is 12.1. The Hall–Kier alpha value is -0.345. The Labute approximate surface area is 105 Å². The van der Waals surface area contributed by atoms with Gasteiger partial charge in [-0.25, -0.2) is 0 Å². The lowest BCUT2D eigenvalue weighted by Gasteiger charge is -2.33. The van der Waals surface area contributed by atoms with Gasteiger partial charge in [-0.1, -0.05) is 31.8 Å². The third-order valence-electron chi connectivity index (χ3n) is 2.70. The summed E-state index contributed by atoms with van der Waals surface area (Å²) < 4.78 is 18.2. The zero-order valence-electron chi connectivity index (χ0n) is 11.1. The molecule has 0 aliphatic carbocycles. The van der Waals surface area contributed by atoms with Crippen molar-refractivity contribution in [2.24, 2.45) is 5.41 Å². The van der Waals surface area contributed by atoms with Crippen LogP contribution in [-0.2, 0) is 8.92 Å². The monoisotopic (exact) mass is 241 g/mol. The summed E-state index contributed by atoms with van der Waals surface area (Å²) in [6.45, 7) is 8.49. The van der Waals surface area contributed by atoms with Crippen LogP contribution in [0.1, 0.15) is 33.1 Å². The van der Waals surface area contributed by atoms with Gasteiger partial charge in [0.15, 0.2) is 0 Å². The van der Waals surface area contributed by atoms with E-state index in [0.717, 1.165) is 36.9 Å². The first-order valence-electron chi connectivity index (χ1n) is 6.14. The zero-order chi connectivity index (χ0) is 12.7. The second-order valence-electron chi connectivity index (χ2n) is 4.65. The zero-order valence-corrected chi connectivity index (χ0v) is 10.9. The number of rotatable bonds is 7. The SMILES string of the molecule is [3H][B]SOCC(C)(C)C1=CCC[C@@H](CC=C)O1. The molecular formula is C12H20BO2S. The van der Waals surface area contributed by atoms with Crippen molar-refractivity contribution in [3.8, 4) is 0 Å². The predicted molar refractivity (Wildman–Crippen MR) is 71.5 cm³/mol. The molecule has 1 aliphatic rings. The van der Waals surface area contributed by atoms with Crippen molar-refractivity contribution in [2.75, 3.05) is 6.61 Å². The molecule has 1 rings (SSSR count). The van der Waals surface area contributed by atoms with Gasteiger partial charge in [-0.3, -0.25) is 0 Å². The van der Waals surface area contributed by atoms with E-state index < -0.39 is 0 Å². The second-order valence-corrected chi connectivity index (χ2v) is 5.08. The third kappa shape index (κ3) is 3.91. The van der Waals surface area contributed by atoms with Gasteiger partial charge in [0, 0.05) is 11.8 Å². The van der Waals surface area contributed by atoms with Crippen molar-refractivity contribution in [1.29, 1.82) is 1.34 Å². The Balaban J connectivity index is 2.51. The molecule has 0 fully saturated rings. The largest absolute Gasteiger partial charge is 0.494 e. The maximum absolute atomic E-state index is 6.90. The molecule has 0 bridgehead atoms. The number of hydrogen-bond donors (Lipinski definition) is 0. The molecule has 0 amide bonds. The fraction of sp³-hybridized carbons (Fsp3) is 0.667. The molecule has 0 aromatic rings. The van der Waals surface area contributed by atoms with Crippen molar-refractivity contribution >= 4 is 19.0 Å². The van der Waals surface area contributed by atoms with E-state index in [1.54, 1.807) is 0 Å². The van der Waals surface area contributed by atoms with Crippen LogP contribution in [0.2, 0.25) is 0 Å². The predicted octanol–water partition coefficient (Wildman–Crippen LogP) is 3.13. The van der Waals surface area contributed by atoms with E-state index in [9.17, 15) is 0 Å². The van der Waals surface area contributed by atoms with Crippen LogP contribution in [0.5, 0.6) is 0 Å². The number of hydrogen-bond acceptors (Lipinski definition) is 3. The molecule has 1 atom stereocenters. The fourth-order valence-electron chi connectivity index (χ4n) is 1.73. The first-order chi connectivity index (χ1) is 8.10. The minimum atomic E-state index is -0.143. The summed E-state index contributed by atoms with van der Waals surface area (Å²) >= 11 is 1.05. The van der Waals surface area contributed by atoms with Crippen LogP contribution in [0.15, 0.2) is 24.5 Å². The third-order valence-corrected chi connectivity index (χ3v) is 2.95. The van der Waals surface area contributed by atoms with Crippen molar-refractivity contribution in [3.63, 3.8) is 0 Å². The van der Waals surface area contributed by atoms with Crippen LogP contribution in [0.25, 0.3) is 0 Å². The quantitative estimate of drug-likeness (QED) is 0.295. The van der Waals surface area contributed by atoms with E-state index in [2.05, 4.69) is 26.5 Å². The first-order valence-corrected chi connectivity index (χ1v) is 6.37. The summed E-state index contributed by atoms with van der Waals surface area (Å²) in [7, 11) is 1.19. The molecule has 0 spiro atoms. The molecule has 16 heavy (non-hydrogen) atoms. The van der Waals surface area contributed by atoms with Crippen molar-refractivity contribution < 1.29 is 8.92 Å². The molecule has 0 N–H and O–H groups in total. The highest BCUT2D eigenvalue weighted by atomic mass is 32.2. The van der Waals surface area contributed by atoms with Crippen LogP contribution in [-0.4, -0.2) is 21.1 Å². The maximum Gasteiger partial charge on any atom is 0.209 e. The van der Waals surface area contributed by atoms with E-state index in [-0.39, 0.29) is 11.5 Å². The summed E-state index contributed by atoms with van der Waals surface area (Å²) in [5, 5.41) is 0. The van der Waals surface area contributed by atoms with E-state index in [4.69, 9.17) is 10.3 Å². The minimum Gasteiger partial charge on any atom is -0.494 e. The van der Waals surface area contributed by atoms with Gasteiger partial charge in [0.25, 0.3) is 0 Å². The maximum atomic E-state index is 6.90. The van der Waals surface area contributed by atoms with Gasteiger partial charge in [-0.15, -0.1) is 6.58 Å². The van der Waals surface area contributed by atoms with E-state index >= 15 is 0 Å². The van der Waals surface area contributed by atoms with Crippen LogP contribution in [0.3, 0.4) is 0 Å². The average Bonchev–Trinajstić information content (AvgIpc) is 2.30. The summed E-state index contributed by atoms with van der Waals surface area (Å²) in [5.74, 6) is 1.00. The molecule has 0 unspecified atom stereocenters. The number of allylic oxidation sites excluding steroid dienone is 1. The van der Waals surface area contributed by atoms with Crippen LogP contribution in [0.4, 0.5) is 0 Å². The summed E-state index contributed by atoms with van der Waals surface area (Å²) in [6, 6.07) is 0. The summed E-state index contributed by atoms with van der Waals surface area (Å²) in [6.07, 6.45) is 7.31. The van der Waals surface area contributed by atoms with E-state index in [0.29, 0.717) is 6.61 Å². The standard InChI is InChI=1S/C12H20BO2S/c1-4-6-10-7-5-8-11(15-10)12(2,3)9-14-16-13/h4,8,10,13H,1,5-7,9H2,2-3H3/t10-/m1/s1/i13T. The van der Waals surface area contributed by atoms with Gasteiger partial charge >= 0.3 is 0 Å². The molecule has 0 saturated carbocycles. The Morgan fingerprint density at radius 1 is 1.88 bits per heavy atom. The van der Waals surface area contributed by atoms with E-state index in [1.165, 1.54) is 7.09 Å². The minimum absolute atomic E-state index is 0.143. The highest BCUT2D eigenvalue weighted by Crippen LogP contribution is 2.34. The number of ether oxygens (including phenoxy) is 1.